The second kappa shape index (κ2) is 7.58. The standard InChI is InChI=1S/C19H20N4O3S/c24-27(25,17-5-1-3-14-4-2-10-22-19(14)17)23-15-6-8-16(9-7-15)26-18-13-20-11-12-21-18/h1-5,10-13,15-16,23H,6-9H2. The zero-order valence-electron chi connectivity index (χ0n) is 14.7. The molecule has 27 heavy (non-hydrogen) atoms. The molecule has 8 heteroatoms. The van der Waals surface area contributed by atoms with Crippen LogP contribution in [0.2, 0.25) is 0 Å². The lowest BCUT2D eigenvalue weighted by molar-refractivity contribution is 0.138. The molecule has 0 amide bonds. The molecule has 3 aromatic rings. The van der Waals surface area contributed by atoms with Gasteiger partial charge in [-0.3, -0.25) is 9.97 Å². The fourth-order valence-corrected chi connectivity index (χ4v) is 4.88. The zero-order chi connectivity index (χ0) is 18.7. The fraction of sp³-hybridized carbons (Fsp3) is 0.316. The van der Waals surface area contributed by atoms with Crippen molar-refractivity contribution < 1.29 is 13.2 Å². The van der Waals surface area contributed by atoms with Crippen LogP contribution in [0.3, 0.4) is 0 Å². The van der Waals surface area contributed by atoms with Crippen molar-refractivity contribution >= 4 is 20.9 Å². The molecule has 0 saturated heterocycles. The minimum Gasteiger partial charge on any atom is -0.473 e. The van der Waals surface area contributed by atoms with Crippen molar-refractivity contribution in [2.24, 2.45) is 0 Å². The third-order valence-electron chi connectivity index (χ3n) is 4.71. The maximum Gasteiger partial charge on any atom is 0.242 e. The summed E-state index contributed by atoms with van der Waals surface area (Å²) in [6.07, 6.45) is 9.36. The van der Waals surface area contributed by atoms with E-state index in [0.29, 0.717) is 24.2 Å². The molecule has 0 aliphatic heterocycles. The number of nitrogens with one attached hydrogen (secondary N) is 1. The van der Waals surface area contributed by atoms with Crippen molar-refractivity contribution in [2.45, 2.75) is 42.7 Å². The molecule has 0 atom stereocenters. The molecule has 0 unspecified atom stereocenters. The van der Waals surface area contributed by atoms with E-state index < -0.39 is 10.0 Å². The Morgan fingerprint density at radius 2 is 1.78 bits per heavy atom. The highest BCUT2D eigenvalue weighted by Crippen LogP contribution is 2.25. The predicted octanol–water partition coefficient (Wildman–Crippen LogP) is 2.69. The average molecular weight is 384 g/mol. The van der Waals surface area contributed by atoms with Gasteiger partial charge in [0.05, 0.1) is 11.7 Å². The third kappa shape index (κ3) is 4.06. The number of fused-ring (bicyclic) bond motifs is 1. The Labute approximate surface area is 157 Å². The molecular formula is C19H20N4O3S. The van der Waals surface area contributed by atoms with Gasteiger partial charge in [-0.1, -0.05) is 18.2 Å². The molecular weight excluding hydrogens is 364 g/mol. The van der Waals surface area contributed by atoms with E-state index >= 15 is 0 Å². The molecule has 0 spiro atoms. The van der Waals surface area contributed by atoms with E-state index in [4.69, 9.17) is 4.74 Å². The Morgan fingerprint density at radius 1 is 0.963 bits per heavy atom. The number of pyridine rings is 1. The molecule has 1 aliphatic carbocycles. The average Bonchev–Trinajstić information content (AvgIpc) is 2.70. The summed E-state index contributed by atoms with van der Waals surface area (Å²) in [6, 6.07) is 8.73. The summed E-state index contributed by atoms with van der Waals surface area (Å²) in [4.78, 5) is 12.6. The van der Waals surface area contributed by atoms with E-state index in [-0.39, 0.29) is 17.0 Å². The molecule has 0 bridgehead atoms. The van der Waals surface area contributed by atoms with Gasteiger partial charge in [0, 0.05) is 30.0 Å². The van der Waals surface area contributed by atoms with Crippen LogP contribution in [0.25, 0.3) is 10.9 Å². The molecule has 1 aromatic carbocycles. The largest absolute Gasteiger partial charge is 0.473 e. The van der Waals surface area contributed by atoms with Crippen molar-refractivity contribution in [3.63, 3.8) is 0 Å². The van der Waals surface area contributed by atoms with Crippen molar-refractivity contribution in [1.82, 2.24) is 19.7 Å². The number of sulfonamides is 1. The second-order valence-electron chi connectivity index (χ2n) is 6.59. The molecule has 7 nitrogen and oxygen atoms in total. The number of rotatable bonds is 5. The van der Waals surface area contributed by atoms with Gasteiger partial charge in [-0.15, -0.1) is 0 Å². The molecule has 1 saturated carbocycles. The van der Waals surface area contributed by atoms with Crippen LogP contribution in [0.4, 0.5) is 0 Å². The van der Waals surface area contributed by atoms with Crippen LogP contribution in [-0.4, -0.2) is 35.5 Å². The molecule has 1 aliphatic rings. The van der Waals surface area contributed by atoms with E-state index in [2.05, 4.69) is 19.7 Å². The van der Waals surface area contributed by atoms with Crippen LogP contribution in [0.5, 0.6) is 5.88 Å². The molecule has 0 radical (unpaired) electrons. The predicted molar refractivity (Wildman–Crippen MR) is 101 cm³/mol. The number of aromatic nitrogens is 3. The lowest BCUT2D eigenvalue weighted by Gasteiger charge is -2.29. The van der Waals surface area contributed by atoms with Gasteiger partial charge in [-0.2, -0.15) is 0 Å². The van der Waals surface area contributed by atoms with Crippen molar-refractivity contribution in [3.05, 3.63) is 55.1 Å². The third-order valence-corrected chi connectivity index (χ3v) is 6.26. The first kappa shape index (κ1) is 17.8. The summed E-state index contributed by atoms with van der Waals surface area (Å²) in [6.45, 7) is 0. The number of hydrogen-bond acceptors (Lipinski definition) is 6. The van der Waals surface area contributed by atoms with E-state index in [9.17, 15) is 8.42 Å². The van der Waals surface area contributed by atoms with Gasteiger partial charge in [-0.05, 0) is 37.8 Å². The Kier molecular flexibility index (Phi) is 5.00. The highest BCUT2D eigenvalue weighted by atomic mass is 32.2. The smallest absolute Gasteiger partial charge is 0.242 e. The normalized spacial score (nSPS) is 20.4. The molecule has 2 heterocycles. The summed E-state index contributed by atoms with van der Waals surface area (Å²) in [5, 5.41) is 0.807. The zero-order valence-corrected chi connectivity index (χ0v) is 15.5. The van der Waals surface area contributed by atoms with Gasteiger partial charge in [0.2, 0.25) is 15.9 Å². The first-order valence-corrected chi connectivity index (χ1v) is 10.4. The molecule has 4 rings (SSSR count). The Morgan fingerprint density at radius 3 is 2.56 bits per heavy atom. The lowest BCUT2D eigenvalue weighted by Crippen LogP contribution is -2.39. The Balaban J connectivity index is 1.42. The maximum absolute atomic E-state index is 12.9. The fourth-order valence-electron chi connectivity index (χ4n) is 3.39. The summed E-state index contributed by atoms with van der Waals surface area (Å²) in [5.74, 6) is 0.503. The van der Waals surface area contributed by atoms with Gasteiger partial charge < -0.3 is 4.74 Å². The van der Waals surface area contributed by atoms with Gasteiger partial charge in [0.25, 0.3) is 0 Å². The molecule has 2 aromatic heterocycles. The quantitative estimate of drug-likeness (QED) is 0.727. The monoisotopic (exact) mass is 384 g/mol. The van der Waals surface area contributed by atoms with Gasteiger partial charge in [0.15, 0.2) is 0 Å². The topological polar surface area (TPSA) is 94.1 Å². The lowest BCUT2D eigenvalue weighted by atomic mass is 9.94. The summed E-state index contributed by atoms with van der Waals surface area (Å²) >= 11 is 0. The van der Waals surface area contributed by atoms with E-state index in [1.165, 1.54) is 0 Å². The van der Waals surface area contributed by atoms with E-state index in [1.807, 2.05) is 12.1 Å². The Bertz CT molecular complexity index is 1010. The van der Waals surface area contributed by atoms with E-state index in [0.717, 1.165) is 18.2 Å². The maximum atomic E-state index is 12.9. The summed E-state index contributed by atoms with van der Waals surface area (Å²) in [5.41, 5.74) is 0.493. The van der Waals surface area contributed by atoms with Crippen molar-refractivity contribution in [1.29, 1.82) is 0 Å². The van der Waals surface area contributed by atoms with Crippen molar-refractivity contribution in [2.75, 3.05) is 0 Å². The summed E-state index contributed by atoms with van der Waals surface area (Å²) < 4.78 is 34.4. The van der Waals surface area contributed by atoms with E-state index in [1.54, 1.807) is 43.0 Å². The minimum atomic E-state index is -3.64. The minimum absolute atomic E-state index is 0.0293. The first-order valence-electron chi connectivity index (χ1n) is 8.90. The number of benzene rings is 1. The van der Waals surface area contributed by atoms with Crippen LogP contribution >= 0.6 is 0 Å². The SMILES string of the molecule is O=S(=O)(NC1CCC(Oc2cnccn2)CC1)c1cccc2cccnc12. The first-order chi connectivity index (χ1) is 13.1. The van der Waals surface area contributed by atoms with Crippen LogP contribution in [0.15, 0.2) is 60.0 Å². The van der Waals surface area contributed by atoms with Gasteiger partial charge >= 0.3 is 0 Å². The van der Waals surface area contributed by atoms with Crippen LogP contribution in [0.1, 0.15) is 25.7 Å². The molecule has 1 N–H and O–H groups in total. The van der Waals surface area contributed by atoms with Crippen LogP contribution in [0, 0.1) is 0 Å². The van der Waals surface area contributed by atoms with Crippen LogP contribution < -0.4 is 9.46 Å². The number of para-hydroxylation sites is 1. The Hall–Kier alpha value is -2.58. The summed E-state index contributed by atoms with van der Waals surface area (Å²) in [7, 11) is -3.64. The number of hydrogen-bond donors (Lipinski definition) is 1. The number of ether oxygens (including phenoxy) is 1. The molecule has 1 fully saturated rings. The highest BCUT2D eigenvalue weighted by Gasteiger charge is 2.28. The highest BCUT2D eigenvalue weighted by molar-refractivity contribution is 7.89. The second-order valence-corrected chi connectivity index (χ2v) is 8.27. The van der Waals surface area contributed by atoms with Gasteiger partial charge in [0.1, 0.15) is 11.0 Å². The molecule has 140 valence electrons. The number of nitrogens with zero attached hydrogens (tertiary/aromatic N) is 3. The van der Waals surface area contributed by atoms with Crippen molar-refractivity contribution in [3.8, 4) is 5.88 Å². The van der Waals surface area contributed by atoms with Crippen LogP contribution in [-0.2, 0) is 10.0 Å². The van der Waals surface area contributed by atoms with Gasteiger partial charge in [-0.25, -0.2) is 18.1 Å².